The van der Waals surface area contributed by atoms with Crippen molar-refractivity contribution in [3.63, 3.8) is 0 Å². The largest absolute Gasteiger partial charge is 0.380 e. The molecule has 0 rings (SSSR count). The van der Waals surface area contributed by atoms with Crippen molar-refractivity contribution in [2.75, 3.05) is 33.0 Å². The maximum atomic E-state index is 5.93. The van der Waals surface area contributed by atoms with E-state index in [0.717, 1.165) is 25.9 Å². The third-order valence-corrected chi connectivity index (χ3v) is 3.00. The molecule has 0 aliphatic rings. The molecule has 0 bridgehead atoms. The van der Waals surface area contributed by atoms with Gasteiger partial charge in [-0.15, -0.1) is 0 Å². The second kappa shape index (κ2) is 9.70. The van der Waals surface area contributed by atoms with Gasteiger partial charge in [0.05, 0.1) is 24.4 Å². The monoisotopic (exact) mass is 275 g/mol. The first-order chi connectivity index (χ1) is 8.83. The van der Waals surface area contributed by atoms with E-state index in [1.807, 2.05) is 0 Å². The van der Waals surface area contributed by atoms with Gasteiger partial charge in [0.15, 0.2) is 0 Å². The molecule has 0 atom stereocenters. The summed E-state index contributed by atoms with van der Waals surface area (Å²) in [6, 6.07) is 0. The minimum Gasteiger partial charge on any atom is -0.380 e. The fraction of sp³-hybridized carbons (Fsp3) is 1.00. The Balaban J connectivity index is 3.77. The summed E-state index contributed by atoms with van der Waals surface area (Å²) >= 11 is 0. The molecule has 0 heterocycles. The van der Waals surface area contributed by atoms with Gasteiger partial charge in [0.1, 0.15) is 0 Å². The third kappa shape index (κ3) is 11.4. The molecule has 4 heteroatoms. The van der Waals surface area contributed by atoms with Gasteiger partial charge in [-0.25, -0.2) is 0 Å². The molecular weight excluding hydrogens is 242 g/mol. The molecule has 0 amide bonds. The zero-order valence-electron chi connectivity index (χ0n) is 13.5. The van der Waals surface area contributed by atoms with Gasteiger partial charge in [0.25, 0.3) is 0 Å². The van der Waals surface area contributed by atoms with E-state index in [9.17, 15) is 0 Å². The van der Waals surface area contributed by atoms with Crippen LogP contribution in [-0.4, -0.2) is 44.2 Å². The molecule has 116 valence electrons. The van der Waals surface area contributed by atoms with Crippen LogP contribution < -0.4 is 5.73 Å². The van der Waals surface area contributed by atoms with Crippen molar-refractivity contribution in [1.29, 1.82) is 0 Å². The van der Waals surface area contributed by atoms with Gasteiger partial charge in [-0.2, -0.15) is 0 Å². The van der Waals surface area contributed by atoms with Gasteiger partial charge in [-0.05, 0) is 47.0 Å². The minimum atomic E-state index is -0.157. The lowest BCUT2D eigenvalue weighted by Gasteiger charge is -2.29. The number of rotatable bonds is 12. The Labute approximate surface area is 119 Å². The fourth-order valence-corrected chi connectivity index (χ4v) is 1.60. The van der Waals surface area contributed by atoms with Crippen LogP contribution >= 0.6 is 0 Å². The van der Waals surface area contributed by atoms with Crippen LogP contribution in [0, 0.1) is 0 Å². The average Bonchev–Trinajstić information content (AvgIpc) is 2.32. The van der Waals surface area contributed by atoms with E-state index in [2.05, 4.69) is 34.6 Å². The van der Waals surface area contributed by atoms with E-state index < -0.39 is 0 Å². The van der Waals surface area contributed by atoms with E-state index in [1.54, 1.807) is 0 Å². The summed E-state index contributed by atoms with van der Waals surface area (Å²) in [5, 5.41) is 0. The van der Waals surface area contributed by atoms with Crippen molar-refractivity contribution in [2.45, 2.75) is 65.1 Å². The molecule has 0 unspecified atom stereocenters. The quantitative estimate of drug-likeness (QED) is 0.556. The van der Waals surface area contributed by atoms with Crippen molar-refractivity contribution in [3.05, 3.63) is 0 Å². The van der Waals surface area contributed by atoms with Gasteiger partial charge < -0.3 is 19.9 Å². The van der Waals surface area contributed by atoms with Crippen LogP contribution in [-0.2, 0) is 14.2 Å². The van der Waals surface area contributed by atoms with Crippen LogP contribution in [0.3, 0.4) is 0 Å². The molecule has 0 aliphatic heterocycles. The van der Waals surface area contributed by atoms with E-state index in [-0.39, 0.29) is 11.2 Å². The average molecular weight is 275 g/mol. The Morgan fingerprint density at radius 2 is 1.32 bits per heavy atom. The first kappa shape index (κ1) is 18.8. The van der Waals surface area contributed by atoms with E-state index in [1.165, 1.54) is 0 Å². The molecule has 0 saturated carbocycles. The number of nitrogens with two attached hydrogens (primary N) is 1. The molecule has 0 aliphatic carbocycles. The molecule has 0 aromatic rings. The third-order valence-electron chi connectivity index (χ3n) is 3.00. The summed E-state index contributed by atoms with van der Waals surface area (Å²) < 4.78 is 17.1. The molecule has 0 spiro atoms. The van der Waals surface area contributed by atoms with Gasteiger partial charge in [-0.3, -0.25) is 0 Å². The van der Waals surface area contributed by atoms with Crippen molar-refractivity contribution in [3.8, 4) is 0 Å². The normalized spacial score (nSPS) is 12.9. The molecule has 0 aromatic heterocycles. The van der Waals surface area contributed by atoms with Gasteiger partial charge in [0.2, 0.25) is 0 Å². The highest BCUT2D eigenvalue weighted by atomic mass is 16.5. The molecular formula is C15H33NO3. The molecule has 0 fully saturated rings. The molecule has 0 radical (unpaired) electrons. The van der Waals surface area contributed by atoms with E-state index >= 15 is 0 Å². The first-order valence-corrected chi connectivity index (χ1v) is 7.39. The van der Waals surface area contributed by atoms with Gasteiger partial charge in [-0.1, -0.05) is 6.92 Å². The Bertz CT molecular complexity index is 217. The van der Waals surface area contributed by atoms with E-state index in [0.29, 0.717) is 26.4 Å². The SMILES string of the molecule is CCCOC(C)(C)CCOC(C)(C)CCOCCN. The topological polar surface area (TPSA) is 53.7 Å². The Morgan fingerprint density at radius 3 is 1.84 bits per heavy atom. The number of hydrogen-bond acceptors (Lipinski definition) is 4. The molecule has 19 heavy (non-hydrogen) atoms. The summed E-state index contributed by atoms with van der Waals surface area (Å²) in [7, 11) is 0. The van der Waals surface area contributed by atoms with Gasteiger partial charge >= 0.3 is 0 Å². The predicted octanol–water partition coefficient (Wildman–Crippen LogP) is 2.74. The lowest BCUT2D eigenvalue weighted by molar-refractivity contribution is -0.0800. The van der Waals surface area contributed by atoms with Crippen LogP contribution in [0.4, 0.5) is 0 Å². The van der Waals surface area contributed by atoms with Gasteiger partial charge in [0, 0.05) is 19.8 Å². The summed E-state index contributed by atoms with van der Waals surface area (Å²) in [4.78, 5) is 0. The maximum absolute atomic E-state index is 5.93. The Hall–Kier alpha value is -0.160. The second-order valence-corrected chi connectivity index (χ2v) is 6.12. The maximum Gasteiger partial charge on any atom is 0.0648 e. The van der Waals surface area contributed by atoms with Crippen molar-refractivity contribution < 1.29 is 14.2 Å². The van der Waals surface area contributed by atoms with Crippen LogP contribution in [0.1, 0.15) is 53.9 Å². The Kier molecular flexibility index (Phi) is 9.62. The highest BCUT2D eigenvalue weighted by molar-refractivity contribution is 4.72. The lowest BCUT2D eigenvalue weighted by Crippen LogP contribution is -2.32. The smallest absolute Gasteiger partial charge is 0.0648 e. The minimum absolute atomic E-state index is 0.109. The zero-order chi connectivity index (χ0) is 14.8. The second-order valence-electron chi connectivity index (χ2n) is 6.12. The summed E-state index contributed by atoms with van der Waals surface area (Å²) in [6.45, 7) is 13.9. The van der Waals surface area contributed by atoms with Crippen LogP contribution in [0.5, 0.6) is 0 Å². The Morgan fingerprint density at radius 1 is 0.789 bits per heavy atom. The van der Waals surface area contributed by atoms with Crippen LogP contribution in [0.15, 0.2) is 0 Å². The van der Waals surface area contributed by atoms with Crippen LogP contribution in [0.25, 0.3) is 0 Å². The molecule has 2 N–H and O–H groups in total. The summed E-state index contributed by atoms with van der Waals surface area (Å²) in [6.07, 6.45) is 2.83. The van der Waals surface area contributed by atoms with Crippen LogP contribution in [0.2, 0.25) is 0 Å². The highest BCUT2D eigenvalue weighted by Crippen LogP contribution is 2.19. The van der Waals surface area contributed by atoms with Crippen molar-refractivity contribution in [1.82, 2.24) is 0 Å². The predicted molar refractivity (Wildman–Crippen MR) is 79.5 cm³/mol. The molecule has 4 nitrogen and oxygen atoms in total. The lowest BCUT2D eigenvalue weighted by atomic mass is 10.0. The van der Waals surface area contributed by atoms with E-state index in [4.69, 9.17) is 19.9 Å². The first-order valence-electron chi connectivity index (χ1n) is 7.39. The highest BCUT2D eigenvalue weighted by Gasteiger charge is 2.22. The molecule has 0 aromatic carbocycles. The zero-order valence-corrected chi connectivity index (χ0v) is 13.5. The molecule has 0 saturated heterocycles. The number of hydrogen-bond donors (Lipinski definition) is 1. The summed E-state index contributed by atoms with van der Waals surface area (Å²) in [5.41, 5.74) is 5.11. The van der Waals surface area contributed by atoms with Crippen molar-refractivity contribution >= 4 is 0 Å². The standard InChI is InChI=1S/C15H33NO3/c1-6-10-18-15(4,5)8-12-19-14(2,3)7-11-17-13-9-16/h6-13,16H2,1-5H3. The number of ether oxygens (including phenoxy) is 3. The van der Waals surface area contributed by atoms with Crippen molar-refractivity contribution in [2.24, 2.45) is 5.73 Å². The summed E-state index contributed by atoms with van der Waals surface area (Å²) in [5.74, 6) is 0. The fourth-order valence-electron chi connectivity index (χ4n) is 1.60.